The van der Waals surface area contributed by atoms with E-state index >= 15 is 0 Å². The van der Waals surface area contributed by atoms with Gasteiger partial charge in [-0.2, -0.15) is 0 Å². The van der Waals surface area contributed by atoms with Crippen molar-refractivity contribution < 1.29 is 67.8 Å². The zero-order chi connectivity index (χ0) is 49.0. The highest BCUT2D eigenvalue weighted by molar-refractivity contribution is 6.39. The summed E-state index contributed by atoms with van der Waals surface area (Å²) >= 11 is 0. The molecule has 15 nitrogen and oxygen atoms in total. The lowest BCUT2D eigenvalue weighted by molar-refractivity contribution is -0.265. The first-order valence-electron chi connectivity index (χ1n) is 24.2. The van der Waals surface area contributed by atoms with Gasteiger partial charge in [0.25, 0.3) is 11.7 Å². The molecule has 3 N–H and O–H groups in total. The number of fused-ring (bicyclic) bond motifs is 3. The second-order valence-electron chi connectivity index (χ2n) is 19.8. The Morgan fingerprint density at radius 3 is 2.21 bits per heavy atom. The maximum absolute atomic E-state index is 14.4. The molecule has 2 saturated heterocycles. The van der Waals surface area contributed by atoms with E-state index in [4.69, 9.17) is 23.7 Å². The zero-order valence-corrected chi connectivity index (χ0v) is 41.1. The van der Waals surface area contributed by atoms with Crippen molar-refractivity contribution >= 4 is 35.0 Å². The van der Waals surface area contributed by atoms with Crippen LogP contribution in [-0.4, -0.2) is 138 Å². The van der Waals surface area contributed by atoms with Gasteiger partial charge in [-0.05, 0) is 101 Å². The number of rotatable bonds is 6. The number of nitrogens with zero attached hydrogens (tertiary/aromatic N) is 1. The highest BCUT2D eigenvalue weighted by Crippen LogP contribution is 2.38. The van der Waals surface area contributed by atoms with Gasteiger partial charge >= 0.3 is 5.97 Å². The molecule has 66 heavy (non-hydrogen) atoms. The zero-order valence-electron chi connectivity index (χ0n) is 41.1. The average Bonchev–Trinajstić information content (AvgIpc) is 3.29. The summed E-state index contributed by atoms with van der Waals surface area (Å²) < 4.78 is 29.3. The molecular weight excluding hydrogens is 851 g/mol. The number of carbonyl (C=O) groups excluding carboxylic acids is 6. The number of cyclic esters (lactones) is 1. The highest BCUT2D eigenvalue weighted by atomic mass is 16.6. The molecule has 0 aromatic heterocycles. The second-order valence-corrected chi connectivity index (χ2v) is 19.8. The Labute approximate surface area is 392 Å². The van der Waals surface area contributed by atoms with Gasteiger partial charge in [0.1, 0.15) is 35.9 Å². The van der Waals surface area contributed by atoms with Crippen LogP contribution in [0.2, 0.25) is 0 Å². The first-order chi connectivity index (χ1) is 31.2. The largest absolute Gasteiger partial charge is 0.460 e. The van der Waals surface area contributed by atoms with Crippen molar-refractivity contribution in [3.05, 3.63) is 35.5 Å². The number of carbonyl (C=O) groups is 6. The third-order valence-corrected chi connectivity index (χ3v) is 14.8. The van der Waals surface area contributed by atoms with Gasteiger partial charge in [0.2, 0.25) is 5.79 Å². The number of methoxy groups -OCH3 is 3. The van der Waals surface area contributed by atoms with E-state index in [2.05, 4.69) is 0 Å². The number of hydrogen-bond donors (Lipinski definition) is 3. The number of aliphatic hydroxyl groups excluding tert-OH is 2. The predicted octanol–water partition coefficient (Wildman–Crippen LogP) is 5.58. The molecule has 0 aromatic rings. The number of esters is 1. The van der Waals surface area contributed by atoms with Crippen LogP contribution in [0.1, 0.15) is 132 Å². The van der Waals surface area contributed by atoms with Gasteiger partial charge in [-0.3, -0.25) is 24.0 Å². The SMILES string of the molecule is CO[C@H]1CC2CC[C@@H](C)[C@@](O)(O2)C(=O)C(=O)N2CCCC[C@H]2C(=O)O[C@H]([C@H](C)CC2CC[C@@H](O)[C@H](OC)C2)CC(=O)[C@H](C)/C=C(\C)[C@@H](O)[C@@H](OC)C(=O)[C@H](C)C[C@H](C)C(=O)C/C=C/C=C/1C. The van der Waals surface area contributed by atoms with E-state index < -0.39 is 89.8 Å². The van der Waals surface area contributed by atoms with E-state index in [0.717, 1.165) is 5.57 Å². The molecule has 3 fully saturated rings. The van der Waals surface area contributed by atoms with Crippen molar-refractivity contribution in [1.29, 1.82) is 0 Å². The van der Waals surface area contributed by atoms with Crippen molar-refractivity contribution in [2.24, 2.45) is 35.5 Å². The minimum absolute atomic E-state index is 0.0706. The van der Waals surface area contributed by atoms with Gasteiger partial charge in [0.15, 0.2) is 5.78 Å². The number of ether oxygens (including phenoxy) is 5. The van der Waals surface area contributed by atoms with Crippen LogP contribution in [0.5, 0.6) is 0 Å². The first kappa shape index (κ1) is 55.2. The summed E-state index contributed by atoms with van der Waals surface area (Å²) in [5.74, 6) is -9.06. The molecule has 0 radical (unpaired) electrons. The van der Waals surface area contributed by atoms with Gasteiger partial charge in [0, 0.05) is 70.8 Å². The molecule has 1 saturated carbocycles. The number of allylic oxidation sites excluding steroid dienone is 4. The number of piperidine rings is 1. The molecule has 372 valence electrons. The van der Waals surface area contributed by atoms with Crippen molar-refractivity contribution in [3.63, 3.8) is 0 Å². The molecule has 0 aromatic carbocycles. The summed E-state index contributed by atoms with van der Waals surface area (Å²) in [5, 5.41) is 33.8. The number of aliphatic hydroxyl groups is 3. The Hall–Kier alpha value is -3.44. The quantitative estimate of drug-likeness (QED) is 0.169. The summed E-state index contributed by atoms with van der Waals surface area (Å²) in [6, 6.07) is -1.16. The lowest BCUT2D eigenvalue weighted by Crippen LogP contribution is -2.61. The second kappa shape index (κ2) is 25.2. The Balaban J connectivity index is 1.70. The monoisotopic (exact) mass is 930 g/mol. The van der Waals surface area contributed by atoms with Crippen LogP contribution in [0.3, 0.4) is 0 Å². The minimum atomic E-state index is -2.46. The molecule has 2 unspecified atom stereocenters. The van der Waals surface area contributed by atoms with Gasteiger partial charge in [-0.1, -0.05) is 58.9 Å². The van der Waals surface area contributed by atoms with Crippen molar-refractivity contribution in [1.82, 2.24) is 4.90 Å². The molecule has 1 aliphatic carbocycles. The number of Topliss-reactive ketones (excluding diaryl/α,β-unsaturated/α-hetero) is 4. The lowest BCUT2D eigenvalue weighted by Gasteiger charge is -2.42. The van der Waals surface area contributed by atoms with Crippen LogP contribution in [0.15, 0.2) is 35.5 Å². The van der Waals surface area contributed by atoms with Crippen LogP contribution in [0.25, 0.3) is 0 Å². The fourth-order valence-electron chi connectivity index (χ4n) is 10.2. The highest BCUT2D eigenvalue weighted by Gasteiger charge is 2.53. The maximum Gasteiger partial charge on any atom is 0.329 e. The summed E-state index contributed by atoms with van der Waals surface area (Å²) in [6.45, 7) is 12.2. The Morgan fingerprint density at radius 1 is 0.833 bits per heavy atom. The molecule has 0 spiro atoms. The van der Waals surface area contributed by atoms with Crippen molar-refractivity contribution in [2.45, 2.75) is 186 Å². The van der Waals surface area contributed by atoms with Crippen LogP contribution in [0.4, 0.5) is 0 Å². The third-order valence-electron chi connectivity index (χ3n) is 14.8. The van der Waals surface area contributed by atoms with Gasteiger partial charge < -0.3 is 43.9 Å². The van der Waals surface area contributed by atoms with Gasteiger partial charge in [-0.25, -0.2) is 4.79 Å². The number of ketones is 4. The first-order valence-corrected chi connectivity index (χ1v) is 24.2. The lowest BCUT2D eigenvalue weighted by atomic mass is 9.78. The summed E-state index contributed by atoms with van der Waals surface area (Å²) in [6.07, 6.45) is 6.14. The average molecular weight is 930 g/mol. The molecule has 4 rings (SSSR count). The molecule has 3 aliphatic heterocycles. The van der Waals surface area contributed by atoms with Crippen LogP contribution in [0, 0.1) is 35.5 Å². The summed E-state index contributed by atoms with van der Waals surface area (Å²) in [5.41, 5.74) is 1.13. The Morgan fingerprint density at radius 2 is 1.55 bits per heavy atom. The van der Waals surface area contributed by atoms with E-state index in [9.17, 15) is 44.1 Å². The van der Waals surface area contributed by atoms with Crippen LogP contribution >= 0.6 is 0 Å². The molecule has 3 heterocycles. The fraction of sp³-hybridized carbons (Fsp3) is 0.765. The normalized spacial score (nSPS) is 39.8. The van der Waals surface area contributed by atoms with Crippen LogP contribution in [-0.2, 0) is 52.5 Å². The molecule has 4 aliphatic rings. The number of amides is 1. The number of hydrogen-bond acceptors (Lipinski definition) is 14. The van der Waals surface area contributed by atoms with E-state index in [1.807, 2.05) is 19.9 Å². The summed E-state index contributed by atoms with van der Waals surface area (Å²) in [7, 11) is 4.42. The van der Waals surface area contributed by atoms with E-state index in [1.165, 1.54) is 19.1 Å². The summed E-state index contributed by atoms with van der Waals surface area (Å²) in [4.78, 5) is 85.0. The van der Waals surface area contributed by atoms with E-state index in [-0.39, 0.29) is 73.9 Å². The molecule has 2 bridgehead atoms. The topological polar surface area (TPSA) is 212 Å². The van der Waals surface area contributed by atoms with Crippen molar-refractivity contribution in [3.8, 4) is 0 Å². The van der Waals surface area contributed by atoms with E-state index in [0.29, 0.717) is 56.9 Å². The van der Waals surface area contributed by atoms with E-state index in [1.54, 1.807) is 60.0 Å². The van der Waals surface area contributed by atoms with Crippen molar-refractivity contribution in [2.75, 3.05) is 27.9 Å². The Bertz CT molecular complexity index is 1790. The Kier molecular flexibility index (Phi) is 21.1. The third kappa shape index (κ3) is 14.1. The fourth-order valence-corrected chi connectivity index (χ4v) is 10.2. The molecule has 15 atom stereocenters. The predicted molar refractivity (Wildman–Crippen MR) is 246 cm³/mol. The molecular formula is C51H79NO14. The van der Waals surface area contributed by atoms with Crippen LogP contribution < -0.4 is 0 Å². The minimum Gasteiger partial charge on any atom is -0.460 e. The smallest absolute Gasteiger partial charge is 0.329 e. The molecule has 1 amide bonds. The van der Waals surface area contributed by atoms with Gasteiger partial charge in [-0.15, -0.1) is 0 Å². The van der Waals surface area contributed by atoms with Gasteiger partial charge in [0.05, 0.1) is 24.4 Å². The maximum atomic E-state index is 14.4. The standard InChI is InChI=1S/C51H79NO14/c1-29-15-11-12-17-39(53)30(2)23-33(5)45(56)47(64-10)46(57)34(6)24-31(3)41(55)28-43(32(4)25-36-19-21-40(54)44(26-36)63-9)65-50(60)38-16-13-14-22-52(38)49(59)48(58)51(61)35(7)18-20-37(66-51)27-42(29)62-8/h11-12,15,24,30-33,35-38,40,42-44,46-47,54,57,61H,13-14,16-23,25-28H2,1-10H3/b12-11+,29-15+,34-24+/t30-,31+,32+,33+,35+,36?,37?,38-,40+,42-,43-,44+,46+,47-,51+/m0/s1. The molecule has 15 heteroatoms.